The van der Waals surface area contributed by atoms with E-state index >= 15 is 0 Å². The van der Waals surface area contributed by atoms with Gasteiger partial charge in [0.2, 0.25) is 0 Å². The Morgan fingerprint density at radius 1 is 0.905 bits per heavy atom. The van der Waals surface area contributed by atoms with Crippen molar-refractivity contribution in [1.82, 2.24) is 5.32 Å². The van der Waals surface area contributed by atoms with Gasteiger partial charge < -0.3 is 24.3 Å². The van der Waals surface area contributed by atoms with Crippen LogP contribution >= 0.6 is 0 Å². The second kappa shape index (κ2) is 12.4. The normalized spacial score (nSPS) is 16.9. The fourth-order valence-corrected chi connectivity index (χ4v) is 2.44. The lowest BCUT2D eigenvalue weighted by Crippen LogP contribution is -2.43. The van der Waals surface area contributed by atoms with Gasteiger partial charge >= 0.3 is 0 Å². The van der Waals surface area contributed by atoms with Crippen LogP contribution in [0.25, 0.3) is 0 Å². The maximum Gasteiger partial charge on any atom is 0.0708 e. The molecule has 0 unspecified atom stereocenters. The molecule has 0 spiro atoms. The highest BCUT2D eigenvalue weighted by Gasteiger charge is 2.37. The van der Waals surface area contributed by atoms with Crippen LogP contribution in [0.2, 0.25) is 0 Å². The molecule has 0 saturated heterocycles. The smallest absolute Gasteiger partial charge is 0.0708 e. The molecule has 1 fully saturated rings. The van der Waals surface area contributed by atoms with E-state index in [1.54, 1.807) is 7.11 Å². The van der Waals surface area contributed by atoms with E-state index < -0.39 is 0 Å². The van der Waals surface area contributed by atoms with Crippen LogP contribution in [0.4, 0.5) is 0 Å². The van der Waals surface area contributed by atoms with Gasteiger partial charge in [0, 0.05) is 7.11 Å². The van der Waals surface area contributed by atoms with Gasteiger partial charge in [-0.3, -0.25) is 0 Å². The fraction of sp³-hybridized carbons (Fsp3) is 1.00. The molecule has 0 atom stereocenters. The van der Waals surface area contributed by atoms with Crippen molar-refractivity contribution in [2.24, 2.45) is 0 Å². The SMILES string of the molecule is CCCNCCC1(OCCOCCOCCOC)CCC1. The number of rotatable bonds is 15. The molecule has 0 bridgehead atoms. The zero-order valence-electron chi connectivity index (χ0n) is 13.8. The first-order valence-electron chi connectivity index (χ1n) is 8.32. The second-order valence-corrected chi connectivity index (χ2v) is 5.60. The molecule has 1 aliphatic carbocycles. The van der Waals surface area contributed by atoms with Gasteiger partial charge in [0.1, 0.15) is 0 Å². The van der Waals surface area contributed by atoms with Gasteiger partial charge in [-0.1, -0.05) is 6.92 Å². The third-order valence-corrected chi connectivity index (χ3v) is 3.89. The average molecular weight is 303 g/mol. The Morgan fingerprint density at radius 3 is 2.14 bits per heavy atom. The first-order chi connectivity index (χ1) is 10.3. The van der Waals surface area contributed by atoms with Gasteiger partial charge in [-0.25, -0.2) is 0 Å². The molecule has 1 N–H and O–H groups in total. The van der Waals surface area contributed by atoms with Crippen molar-refractivity contribution < 1.29 is 18.9 Å². The summed E-state index contributed by atoms with van der Waals surface area (Å²) in [6, 6.07) is 0. The molecular weight excluding hydrogens is 270 g/mol. The molecule has 1 saturated carbocycles. The van der Waals surface area contributed by atoms with Crippen LogP contribution in [0.1, 0.15) is 39.0 Å². The molecule has 5 heteroatoms. The van der Waals surface area contributed by atoms with Gasteiger partial charge in [0.15, 0.2) is 0 Å². The summed E-state index contributed by atoms with van der Waals surface area (Å²) in [5, 5.41) is 3.46. The fourth-order valence-electron chi connectivity index (χ4n) is 2.44. The lowest BCUT2D eigenvalue weighted by molar-refractivity contribution is -0.119. The minimum Gasteiger partial charge on any atom is -0.382 e. The molecule has 5 nitrogen and oxygen atoms in total. The number of hydrogen-bond donors (Lipinski definition) is 1. The Labute approximate surface area is 129 Å². The standard InChI is InChI=1S/C16H33NO4/c1-3-8-17-9-7-16(5-4-6-16)21-15-14-20-13-12-19-11-10-18-2/h17H,3-15H2,1-2H3. The number of methoxy groups -OCH3 is 1. The highest BCUT2D eigenvalue weighted by molar-refractivity contribution is 4.90. The minimum absolute atomic E-state index is 0.124. The van der Waals surface area contributed by atoms with Gasteiger partial charge in [0.25, 0.3) is 0 Å². The molecule has 0 aromatic rings. The van der Waals surface area contributed by atoms with E-state index in [2.05, 4.69) is 12.2 Å². The summed E-state index contributed by atoms with van der Waals surface area (Å²) in [4.78, 5) is 0. The van der Waals surface area contributed by atoms with Crippen LogP contribution in [0.15, 0.2) is 0 Å². The molecule has 0 amide bonds. The number of nitrogens with one attached hydrogen (secondary N) is 1. The van der Waals surface area contributed by atoms with E-state index in [4.69, 9.17) is 18.9 Å². The van der Waals surface area contributed by atoms with Crippen LogP contribution in [0.3, 0.4) is 0 Å². The zero-order valence-corrected chi connectivity index (χ0v) is 13.8. The molecular formula is C16H33NO4. The van der Waals surface area contributed by atoms with Crippen molar-refractivity contribution in [3.8, 4) is 0 Å². The van der Waals surface area contributed by atoms with E-state index in [1.165, 1.54) is 25.7 Å². The van der Waals surface area contributed by atoms with E-state index in [9.17, 15) is 0 Å². The lowest BCUT2D eigenvalue weighted by Gasteiger charge is -2.42. The summed E-state index contributed by atoms with van der Waals surface area (Å²) < 4.78 is 21.8. The second-order valence-electron chi connectivity index (χ2n) is 5.60. The third kappa shape index (κ3) is 8.73. The summed E-state index contributed by atoms with van der Waals surface area (Å²) >= 11 is 0. The van der Waals surface area contributed by atoms with Gasteiger partial charge in [-0.2, -0.15) is 0 Å². The average Bonchev–Trinajstić information content (AvgIpc) is 2.46. The minimum atomic E-state index is 0.124. The highest BCUT2D eigenvalue weighted by Crippen LogP contribution is 2.38. The Kier molecular flexibility index (Phi) is 11.1. The summed E-state index contributed by atoms with van der Waals surface area (Å²) in [5.74, 6) is 0. The van der Waals surface area contributed by atoms with Crippen LogP contribution in [0.5, 0.6) is 0 Å². The van der Waals surface area contributed by atoms with E-state index in [-0.39, 0.29) is 5.60 Å². The first kappa shape index (κ1) is 18.8. The van der Waals surface area contributed by atoms with Crippen LogP contribution in [-0.2, 0) is 18.9 Å². The summed E-state index contributed by atoms with van der Waals surface area (Å²) in [5.41, 5.74) is 0.124. The van der Waals surface area contributed by atoms with Crippen LogP contribution in [-0.4, -0.2) is 65.4 Å². The van der Waals surface area contributed by atoms with E-state index in [1.807, 2.05) is 0 Å². The van der Waals surface area contributed by atoms with Gasteiger partial charge in [0.05, 0.1) is 45.2 Å². The van der Waals surface area contributed by atoms with Crippen LogP contribution in [0, 0.1) is 0 Å². The summed E-state index contributed by atoms with van der Waals surface area (Å²) in [6.45, 7) is 8.20. The van der Waals surface area contributed by atoms with Crippen molar-refractivity contribution in [2.75, 3.05) is 59.8 Å². The lowest BCUT2D eigenvalue weighted by atomic mass is 9.77. The Bertz CT molecular complexity index is 234. The molecule has 0 aromatic carbocycles. The Hall–Kier alpha value is -0.200. The summed E-state index contributed by atoms with van der Waals surface area (Å²) in [7, 11) is 1.67. The van der Waals surface area contributed by atoms with Crippen molar-refractivity contribution in [3.05, 3.63) is 0 Å². The summed E-state index contributed by atoms with van der Waals surface area (Å²) in [6.07, 6.45) is 5.99. The molecule has 0 aromatic heterocycles. The van der Waals surface area contributed by atoms with Crippen molar-refractivity contribution >= 4 is 0 Å². The zero-order chi connectivity index (χ0) is 15.2. The third-order valence-electron chi connectivity index (χ3n) is 3.89. The Morgan fingerprint density at radius 2 is 1.57 bits per heavy atom. The maximum atomic E-state index is 6.07. The predicted octanol–water partition coefficient (Wildman–Crippen LogP) is 1.99. The Balaban J connectivity index is 1.92. The van der Waals surface area contributed by atoms with Crippen molar-refractivity contribution in [3.63, 3.8) is 0 Å². The van der Waals surface area contributed by atoms with E-state index in [0.717, 1.165) is 19.5 Å². The highest BCUT2D eigenvalue weighted by atomic mass is 16.6. The van der Waals surface area contributed by atoms with Crippen LogP contribution < -0.4 is 5.32 Å². The number of ether oxygens (including phenoxy) is 4. The predicted molar refractivity (Wildman–Crippen MR) is 83.8 cm³/mol. The molecule has 1 aliphatic rings. The van der Waals surface area contributed by atoms with Gasteiger partial charge in [-0.15, -0.1) is 0 Å². The molecule has 0 heterocycles. The van der Waals surface area contributed by atoms with E-state index in [0.29, 0.717) is 39.6 Å². The first-order valence-corrected chi connectivity index (χ1v) is 8.32. The largest absolute Gasteiger partial charge is 0.382 e. The number of hydrogen-bond acceptors (Lipinski definition) is 5. The molecule has 0 aliphatic heterocycles. The maximum absolute atomic E-state index is 6.07. The molecule has 0 radical (unpaired) electrons. The molecule has 1 rings (SSSR count). The molecule has 21 heavy (non-hydrogen) atoms. The quantitative estimate of drug-likeness (QED) is 0.469. The topological polar surface area (TPSA) is 49.0 Å². The van der Waals surface area contributed by atoms with Crippen molar-refractivity contribution in [1.29, 1.82) is 0 Å². The monoisotopic (exact) mass is 303 g/mol. The van der Waals surface area contributed by atoms with Gasteiger partial charge in [-0.05, 0) is 45.2 Å². The molecule has 126 valence electrons. The van der Waals surface area contributed by atoms with Crippen molar-refractivity contribution in [2.45, 2.75) is 44.6 Å².